The van der Waals surface area contributed by atoms with Crippen LogP contribution in [0.1, 0.15) is 44.1 Å². The molecule has 1 saturated heterocycles. The van der Waals surface area contributed by atoms with E-state index in [2.05, 4.69) is 43.8 Å². The summed E-state index contributed by atoms with van der Waals surface area (Å²) in [5, 5.41) is 0.285. The lowest BCUT2D eigenvalue weighted by Gasteiger charge is -2.38. The lowest BCUT2D eigenvalue weighted by molar-refractivity contribution is -0.0283. The van der Waals surface area contributed by atoms with Gasteiger partial charge in [-0.1, -0.05) is 43.8 Å². The van der Waals surface area contributed by atoms with E-state index in [1.54, 1.807) is 0 Å². The van der Waals surface area contributed by atoms with E-state index in [4.69, 9.17) is 4.74 Å². The fourth-order valence-corrected chi connectivity index (χ4v) is 4.63. The summed E-state index contributed by atoms with van der Waals surface area (Å²) in [5.41, 5.74) is 1.46. The third-order valence-electron chi connectivity index (χ3n) is 4.13. The lowest BCUT2D eigenvalue weighted by atomic mass is 9.91. The van der Waals surface area contributed by atoms with Crippen molar-refractivity contribution in [2.75, 3.05) is 6.61 Å². The molecule has 0 amide bonds. The summed E-state index contributed by atoms with van der Waals surface area (Å²) in [4.78, 5) is 0. The van der Waals surface area contributed by atoms with Gasteiger partial charge in [-0.3, -0.25) is 0 Å². The van der Waals surface area contributed by atoms with Crippen LogP contribution in [0.4, 0.5) is 0 Å². The smallest absolute Gasteiger partial charge is 0.0564 e. The Morgan fingerprint density at radius 2 is 2.06 bits per heavy atom. The van der Waals surface area contributed by atoms with E-state index in [0.717, 1.165) is 6.61 Å². The predicted octanol–water partition coefficient (Wildman–Crippen LogP) is 3.29. The molecule has 0 aliphatic carbocycles. The normalized spacial score (nSPS) is 27.4. The van der Waals surface area contributed by atoms with Gasteiger partial charge in [0, 0.05) is 6.61 Å². The molecule has 2 unspecified atom stereocenters. The Labute approximate surface area is 107 Å². The third-order valence-corrected chi connectivity index (χ3v) is 6.26. The van der Waals surface area contributed by atoms with E-state index in [1.165, 1.54) is 31.2 Å². The summed E-state index contributed by atoms with van der Waals surface area (Å²) >= 11 is 0. The van der Waals surface area contributed by atoms with Crippen molar-refractivity contribution in [2.45, 2.75) is 50.3 Å². The monoisotopic (exact) mass is 248 g/mol. The Morgan fingerprint density at radius 3 is 2.65 bits per heavy atom. The Hall–Kier alpha value is -0.603. The van der Waals surface area contributed by atoms with Crippen LogP contribution >= 0.6 is 0 Å². The number of hydrogen-bond donors (Lipinski definition) is 0. The third kappa shape index (κ3) is 3.20. The molecule has 2 atom stereocenters. The van der Waals surface area contributed by atoms with Crippen LogP contribution in [0.2, 0.25) is 6.55 Å². The second-order valence-electron chi connectivity index (χ2n) is 5.36. The molecule has 0 saturated carbocycles. The number of hydrogen-bond acceptors (Lipinski definition) is 1. The highest BCUT2D eigenvalue weighted by Gasteiger charge is 2.33. The molecule has 94 valence electrons. The van der Waals surface area contributed by atoms with E-state index >= 15 is 0 Å². The highest BCUT2D eigenvalue weighted by molar-refractivity contribution is 6.37. The van der Waals surface area contributed by atoms with Crippen LogP contribution in [0.5, 0.6) is 0 Å². The van der Waals surface area contributed by atoms with Crippen molar-refractivity contribution in [1.29, 1.82) is 0 Å². The van der Waals surface area contributed by atoms with E-state index in [0.29, 0.717) is 5.92 Å². The van der Waals surface area contributed by atoms with Crippen molar-refractivity contribution < 1.29 is 4.74 Å². The number of ether oxygens (including phenoxy) is 1. The van der Waals surface area contributed by atoms with Crippen molar-refractivity contribution in [2.24, 2.45) is 0 Å². The van der Waals surface area contributed by atoms with Gasteiger partial charge in [-0.15, -0.1) is 0 Å². The molecule has 2 rings (SSSR count). The van der Waals surface area contributed by atoms with Crippen molar-refractivity contribution in [3.05, 3.63) is 35.9 Å². The second kappa shape index (κ2) is 5.83. The van der Waals surface area contributed by atoms with Gasteiger partial charge in [0.05, 0.1) is 14.7 Å². The van der Waals surface area contributed by atoms with Crippen LogP contribution < -0.4 is 0 Å². The molecule has 1 heterocycles. The van der Waals surface area contributed by atoms with Crippen LogP contribution in [-0.2, 0) is 4.74 Å². The minimum absolute atomic E-state index is 0.109. The molecule has 0 spiro atoms. The highest BCUT2D eigenvalue weighted by atomic mass is 28.2. The molecular weight excluding hydrogens is 224 g/mol. The SMILES string of the molecule is C[SiH2]C1(CC(C)c2ccccc2)CCCCO1. The first-order valence-corrected chi connectivity index (χ1v) is 9.07. The zero-order valence-corrected chi connectivity index (χ0v) is 12.5. The first-order valence-electron chi connectivity index (χ1n) is 6.95. The molecule has 0 radical (unpaired) electrons. The van der Waals surface area contributed by atoms with Crippen LogP contribution in [0.3, 0.4) is 0 Å². The van der Waals surface area contributed by atoms with Gasteiger partial charge in [0.25, 0.3) is 0 Å². The molecule has 1 fully saturated rings. The van der Waals surface area contributed by atoms with Crippen LogP contribution in [-0.4, -0.2) is 21.4 Å². The Morgan fingerprint density at radius 1 is 1.29 bits per heavy atom. The molecule has 17 heavy (non-hydrogen) atoms. The van der Waals surface area contributed by atoms with Crippen molar-refractivity contribution in [3.8, 4) is 0 Å². The molecule has 1 aromatic carbocycles. The molecule has 0 N–H and O–H groups in total. The molecule has 1 nitrogen and oxygen atoms in total. The zero-order chi connectivity index (χ0) is 12.1. The van der Waals surface area contributed by atoms with Crippen LogP contribution in [0, 0.1) is 0 Å². The molecule has 0 aromatic heterocycles. The lowest BCUT2D eigenvalue weighted by Crippen LogP contribution is -2.42. The minimum Gasteiger partial charge on any atom is -0.379 e. The summed E-state index contributed by atoms with van der Waals surface area (Å²) in [6, 6.07) is 10.9. The maximum Gasteiger partial charge on any atom is 0.0564 e. The van der Waals surface area contributed by atoms with E-state index in [1.807, 2.05) is 0 Å². The number of rotatable bonds is 4. The highest BCUT2D eigenvalue weighted by Crippen LogP contribution is 2.34. The Balaban J connectivity index is 2.03. The summed E-state index contributed by atoms with van der Waals surface area (Å²) in [7, 11) is -0.109. The Kier molecular flexibility index (Phi) is 4.40. The average molecular weight is 248 g/mol. The molecular formula is C15H24OSi. The van der Waals surface area contributed by atoms with Gasteiger partial charge in [0.15, 0.2) is 0 Å². The fraction of sp³-hybridized carbons (Fsp3) is 0.600. The van der Waals surface area contributed by atoms with Crippen molar-refractivity contribution >= 4 is 9.52 Å². The number of benzene rings is 1. The maximum absolute atomic E-state index is 6.17. The maximum atomic E-state index is 6.17. The van der Waals surface area contributed by atoms with Gasteiger partial charge < -0.3 is 4.74 Å². The molecule has 1 aromatic rings. The van der Waals surface area contributed by atoms with Gasteiger partial charge in [0.2, 0.25) is 0 Å². The van der Waals surface area contributed by atoms with Gasteiger partial charge in [0.1, 0.15) is 0 Å². The Bertz CT molecular complexity index is 330. The first kappa shape index (κ1) is 12.8. The van der Waals surface area contributed by atoms with Crippen molar-refractivity contribution in [3.63, 3.8) is 0 Å². The molecule has 0 bridgehead atoms. The van der Waals surface area contributed by atoms with Gasteiger partial charge in [-0.25, -0.2) is 0 Å². The van der Waals surface area contributed by atoms with E-state index in [9.17, 15) is 0 Å². The summed E-state index contributed by atoms with van der Waals surface area (Å²) in [6.45, 7) is 5.74. The zero-order valence-electron chi connectivity index (χ0n) is 11.1. The van der Waals surface area contributed by atoms with Gasteiger partial charge in [-0.05, 0) is 37.2 Å². The summed E-state index contributed by atoms with van der Waals surface area (Å²) in [6.07, 6.45) is 5.14. The fourth-order valence-electron chi connectivity index (χ4n) is 2.95. The topological polar surface area (TPSA) is 9.23 Å². The first-order chi connectivity index (χ1) is 8.26. The molecule has 2 heteroatoms. The van der Waals surface area contributed by atoms with Gasteiger partial charge >= 0.3 is 0 Å². The summed E-state index contributed by atoms with van der Waals surface area (Å²) in [5.74, 6) is 0.627. The molecule has 1 aliphatic heterocycles. The van der Waals surface area contributed by atoms with E-state index in [-0.39, 0.29) is 14.7 Å². The molecule has 1 aliphatic rings. The van der Waals surface area contributed by atoms with Crippen LogP contribution in [0.15, 0.2) is 30.3 Å². The van der Waals surface area contributed by atoms with Crippen molar-refractivity contribution in [1.82, 2.24) is 0 Å². The summed E-state index contributed by atoms with van der Waals surface area (Å²) < 4.78 is 6.17. The second-order valence-corrected chi connectivity index (χ2v) is 7.35. The van der Waals surface area contributed by atoms with Crippen LogP contribution in [0.25, 0.3) is 0 Å². The van der Waals surface area contributed by atoms with E-state index < -0.39 is 0 Å². The predicted molar refractivity (Wildman–Crippen MR) is 76.4 cm³/mol. The quantitative estimate of drug-likeness (QED) is 0.743. The standard InChI is InChI=1S/C15H24OSi/c1-13(14-8-4-3-5-9-14)12-15(17-2)10-6-7-11-16-15/h3-5,8-9,13H,6-7,10-12,17H2,1-2H3. The average Bonchev–Trinajstić information content (AvgIpc) is 2.41. The largest absolute Gasteiger partial charge is 0.379 e. The minimum atomic E-state index is -0.109. The van der Waals surface area contributed by atoms with Gasteiger partial charge in [-0.2, -0.15) is 0 Å².